The fourth-order valence-electron chi connectivity index (χ4n) is 3.38. The van der Waals surface area contributed by atoms with Crippen molar-refractivity contribution in [2.24, 2.45) is 0 Å². The first-order valence-electron chi connectivity index (χ1n) is 9.60. The Balaban J connectivity index is 1.64. The first kappa shape index (κ1) is 20.5. The Hall–Kier alpha value is -3.28. The Kier molecular flexibility index (Phi) is 6.54. The van der Waals surface area contributed by atoms with E-state index in [9.17, 15) is 4.79 Å². The number of hydrogen-bond donors (Lipinski definition) is 1. The molecule has 0 unspecified atom stereocenters. The molecule has 6 nitrogen and oxygen atoms in total. The number of carbonyl (C=O) groups excluding carboxylic acids is 1. The van der Waals surface area contributed by atoms with Gasteiger partial charge in [0.05, 0.1) is 32.0 Å². The number of ether oxygens (including phenoxy) is 2. The van der Waals surface area contributed by atoms with E-state index in [1.54, 1.807) is 14.2 Å². The largest absolute Gasteiger partial charge is 0.493 e. The Labute approximate surface area is 171 Å². The quantitative estimate of drug-likeness (QED) is 0.636. The highest BCUT2D eigenvalue weighted by Crippen LogP contribution is 2.27. The van der Waals surface area contributed by atoms with Gasteiger partial charge in [0.1, 0.15) is 0 Å². The molecule has 29 heavy (non-hydrogen) atoms. The van der Waals surface area contributed by atoms with Crippen molar-refractivity contribution in [3.8, 4) is 11.5 Å². The van der Waals surface area contributed by atoms with E-state index >= 15 is 0 Å². The molecule has 0 aliphatic rings. The number of nitrogens with zero attached hydrogens (tertiary/aromatic N) is 2. The summed E-state index contributed by atoms with van der Waals surface area (Å²) in [6, 6.07) is 15.9. The standard InChI is InChI=1S/C23H27N3O3/c1-16-22(17(2)26(25-16)15-19-8-6-5-7-9-19)23(27)24-13-12-18-10-11-20(28-3)21(14-18)29-4/h5-11,14H,12-13,15H2,1-4H3,(H,24,27). The summed E-state index contributed by atoms with van der Waals surface area (Å²) in [6.45, 7) is 4.98. The molecule has 2 aromatic carbocycles. The molecule has 0 fully saturated rings. The van der Waals surface area contributed by atoms with Crippen molar-refractivity contribution in [3.63, 3.8) is 0 Å². The van der Waals surface area contributed by atoms with E-state index in [-0.39, 0.29) is 5.91 Å². The van der Waals surface area contributed by atoms with Crippen LogP contribution in [-0.2, 0) is 13.0 Å². The summed E-state index contributed by atoms with van der Waals surface area (Å²) < 4.78 is 12.5. The topological polar surface area (TPSA) is 65.4 Å². The number of benzene rings is 2. The summed E-state index contributed by atoms with van der Waals surface area (Å²) >= 11 is 0. The molecule has 3 aromatic rings. The number of methoxy groups -OCH3 is 2. The van der Waals surface area contributed by atoms with Crippen molar-refractivity contribution in [1.29, 1.82) is 0 Å². The first-order chi connectivity index (χ1) is 14.0. The number of nitrogens with one attached hydrogen (secondary N) is 1. The van der Waals surface area contributed by atoms with Crippen molar-refractivity contribution in [1.82, 2.24) is 15.1 Å². The lowest BCUT2D eigenvalue weighted by molar-refractivity contribution is 0.0953. The summed E-state index contributed by atoms with van der Waals surface area (Å²) in [5.74, 6) is 1.28. The minimum Gasteiger partial charge on any atom is -0.493 e. The van der Waals surface area contributed by atoms with E-state index in [0.29, 0.717) is 36.6 Å². The van der Waals surface area contributed by atoms with Crippen molar-refractivity contribution in [2.75, 3.05) is 20.8 Å². The zero-order valence-electron chi connectivity index (χ0n) is 17.4. The van der Waals surface area contributed by atoms with Gasteiger partial charge in [-0.05, 0) is 43.5 Å². The molecule has 0 aliphatic carbocycles. The third-order valence-corrected chi connectivity index (χ3v) is 4.93. The van der Waals surface area contributed by atoms with Gasteiger partial charge in [0, 0.05) is 12.2 Å². The fraction of sp³-hybridized carbons (Fsp3) is 0.304. The summed E-state index contributed by atoms with van der Waals surface area (Å²) in [6.07, 6.45) is 0.697. The second-order valence-corrected chi connectivity index (χ2v) is 6.88. The molecule has 0 spiro atoms. The van der Waals surface area contributed by atoms with Gasteiger partial charge < -0.3 is 14.8 Å². The lowest BCUT2D eigenvalue weighted by Gasteiger charge is -2.10. The molecule has 0 atom stereocenters. The van der Waals surface area contributed by atoms with Gasteiger partial charge >= 0.3 is 0 Å². The number of amides is 1. The molecule has 1 heterocycles. The predicted molar refractivity (Wildman–Crippen MR) is 113 cm³/mol. The van der Waals surface area contributed by atoms with Gasteiger partial charge in [-0.15, -0.1) is 0 Å². The first-order valence-corrected chi connectivity index (χ1v) is 9.60. The van der Waals surface area contributed by atoms with Gasteiger partial charge in [0.25, 0.3) is 5.91 Å². The second kappa shape index (κ2) is 9.28. The number of carbonyl (C=O) groups is 1. The molecular weight excluding hydrogens is 366 g/mol. The number of rotatable bonds is 8. The van der Waals surface area contributed by atoms with Crippen LogP contribution < -0.4 is 14.8 Å². The average Bonchev–Trinajstić information content (AvgIpc) is 3.01. The molecule has 1 amide bonds. The third kappa shape index (κ3) is 4.77. The van der Waals surface area contributed by atoms with E-state index in [0.717, 1.165) is 22.5 Å². The highest BCUT2D eigenvalue weighted by Gasteiger charge is 2.18. The van der Waals surface area contributed by atoms with Crippen LogP contribution in [0.4, 0.5) is 0 Å². The highest BCUT2D eigenvalue weighted by molar-refractivity contribution is 5.96. The van der Waals surface area contributed by atoms with Crippen LogP contribution in [0.3, 0.4) is 0 Å². The summed E-state index contributed by atoms with van der Waals surface area (Å²) in [7, 11) is 3.22. The van der Waals surface area contributed by atoms with Gasteiger partial charge in [-0.25, -0.2) is 0 Å². The summed E-state index contributed by atoms with van der Waals surface area (Å²) in [5, 5.41) is 7.57. The van der Waals surface area contributed by atoms with E-state index in [1.807, 2.05) is 54.9 Å². The SMILES string of the molecule is COc1ccc(CCNC(=O)c2c(C)nn(Cc3ccccc3)c2C)cc1OC. The molecule has 0 bridgehead atoms. The predicted octanol–water partition coefficient (Wildman–Crippen LogP) is 3.54. The summed E-state index contributed by atoms with van der Waals surface area (Å²) in [5.41, 5.74) is 4.47. The van der Waals surface area contributed by atoms with Crippen molar-refractivity contribution < 1.29 is 14.3 Å². The van der Waals surface area contributed by atoms with Crippen molar-refractivity contribution in [3.05, 3.63) is 76.6 Å². The number of aryl methyl sites for hydroxylation is 1. The summed E-state index contributed by atoms with van der Waals surface area (Å²) in [4.78, 5) is 12.8. The lowest BCUT2D eigenvalue weighted by atomic mass is 10.1. The monoisotopic (exact) mass is 393 g/mol. The minimum atomic E-state index is -0.0974. The number of hydrogen-bond acceptors (Lipinski definition) is 4. The van der Waals surface area contributed by atoms with Crippen molar-refractivity contribution in [2.45, 2.75) is 26.8 Å². The zero-order valence-corrected chi connectivity index (χ0v) is 17.4. The Morgan fingerprint density at radius 2 is 1.72 bits per heavy atom. The Bertz CT molecular complexity index is 981. The maximum Gasteiger partial charge on any atom is 0.255 e. The number of aromatic nitrogens is 2. The van der Waals surface area contributed by atoms with Crippen LogP contribution in [0.25, 0.3) is 0 Å². The Morgan fingerprint density at radius 1 is 1.00 bits per heavy atom. The van der Waals surface area contributed by atoms with Crippen LogP contribution >= 0.6 is 0 Å². The Morgan fingerprint density at radius 3 is 2.41 bits per heavy atom. The zero-order chi connectivity index (χ0) is 20.8. The molecule has 0 saturated carbocycles. The fourth-order valence-corrected chi connectivity index (χ4v) is 3.38. The molecule has 0 aliphatic heterocycles. The lowest BCUT2D eigenvalue weighted by Crippen LogP contribution is -2.26. The van der Waals surface area contributed by atoms with Crippen LogP contribution in [-0.4, -0.2) is 36.5 Å². The molecule has 0 radical (unpaired) electrons. The second-order valence-electron chi connectivity index (χ2n) is 6.88. The minimum absolute atomic E-state index is 0.0974. The van der Waals surface area contributed by atoms with Crippen LogP contribution in [0.2, 0.25) is 0 Å². The van der Waals surface area contributed by atoms with Crippen LogP contribution in [0, 0.1) is 13.8 Å². The van der Waals surface area contributed by atoms with E-state index < -0.39 is 0 Å². The highest BCUT2D eigenvalue weighted by atomic mass is 16.5. The molecular formula is C23H27N3O3. The molecule has 6 heteroatoms. The van der Waals surface area contributed by atoms with Crippen LogP contribution in [0.5, 0.6) is 11.5 Å². The van der Waals surface area contributed by atoms with E-state index in [2.05, 4.69) is 22.5 Å². The maximum atomic E-state index is 12.8. The molecule has 0 saturated heterocycles. The van der Waals surface area contributed by atoms with Crippen molar-refractivity contribution >= 4 is 5.91 Å². The molecule has 3 rings (SSSR count). The van der Waals surface area contributed by atoms with Gasteiger partial charge in [-0.3, -0.25) is 9.48 Å². The van der Waals surface area contributed by atoms with Gasteiger partial charge in [0.15, 0.2) is 11.5 Å². The van der Waals surface area contributed by atoms with Gasteiger partial charge in [0.2, 0.25) is 0 Å². The van der Waals surface area contributed by atoms with Crippen LogP contribution in [0.15, 0.2) is 48.5 Å². The molecule has 152 valence electrons. The molecule has 1 aromatic heterocycles. The maximum absolute atomic E-state index is 12.8. The smallest absolute Gasteiger partial charge is 0.255 e. The van der Waals surface area contributed by atoms with Gasteiger partial charge in [-0.2, -0.15) is 5.10 Å². The van der Waals surface area contributed by atoms with Crippen LogP contribution in [0.1, 0.15) is 32.9 Å². The average molecular weight is 393 g/mol. The third-order valence-electron chi connectivity index (χ3n) is 4.93. The van der Waals surface area contributed by atoms with Gasteiger partial charge in [-0.1, -0.05) is 36.4 Å². The molecule has 1 N–H and O–H groups in total. The normalized spacial score (nSPS) is 10.6. The van der Waals surface area contributed by atoms with E-state index in [1.165, 1.54) is 0 Å². The van der Waals surface area contributed by atoms with E-state index in [4.69, 9.17) is 9.47 Å².